The molecule has 0 bridgehead atoms. The predicted octanol–water partition coefficient (Wildman–Crippen LogP) is 4.00. The summed E-state index contributed by atoms with van der Waals surface area (Å²) in [7, 11) is 1.61. The number of hydrogen-bond acceptors (Lipinski definition) is 3. The van der Waals surface area contributed by atoms with Crippen molar-refractivity contribution >= 4 is 28.4 Å². The Hall–Kier alpha value is -3.12. The first kappa shape index (κ1) is 21.6. The van der Waals surface area contributed by atoms with E-state index in [1.807, 2.05) is 59.2 Å². The zero-order valence-electron chi connectivity index (χ0n) is 17.6. The first-order chi connectivity index (χ1) is 14.6. The van der Waals surface area contributed by atoms with Gasteiger partial charge in [-0.15, -0.1) is 0 Å². The Labute approximate surface area is 177 Å². The van der Waals surface area contributed by atoms with Gasteiger partial charge < -0.3 is 19.9 Å². The molecule has 30 heavy (non-hydrogen) atoms. The summed E-state index contributed by atoms with van der Waals surface area (Å²) >= 11 is 0. The fraction of sp³-hybridized carbons (Fsp3) is 0.333. The van der Waals surface area contributed by atoms with Gasteiger partial charge in [0.25, 0.3) is 5.91 Å². The molecule has 0 saturated heterocycles. The summed E-state index contributed by atoms with van der Waals surface area (Å²) in [6.45, 7) is 3.77. The van der Waals surface area contributed by atoms with Crippen molar-refractivity contribution in [3.05, 3.63) is 65.9 Å². The molecule has 0 aliphatic carbocycles. The van der Waals surface area contributed by atoms with Crippen molar-refractivity contribution in [2.45, 2.75) is 32.7 Å². The van der Waals surface area contributed by atoms with E-state index in [2.05, 4.69) is 17.6 Å². The third-order valence-corrected chi connectivity index (χ3v) is 4.94. The number of benzene rings is 2. The smallest absolute Gasteiger partial charge is 0.268 e. The number of methoxy groups -OCH3 is 1. The summed E-state index contributed by atoms with van der Waals surface area (Å²) in [5, 5.41) is 6.79. The maximum absolute atomic E-state index is 12.6. The van der Waals surface area contributed by atoms with E-state index < -0.39 is 0 Å². The van der Waals surface area contributed by atoms with E-state index in [0.717, 1.165) is 35.1 Å². The van der Waals surface area contributed by atoms with Gasteiger partial charge in [-0.05, 0) is 42.7 Å². The van der Waals surface area contributed by atoms with Gasteiger partial charge in [0, 0.05) is 43.2 Å². The number of nitrogens with zero attached hydrogens (tertiary/aromatic N) is 1. The summed E-state index contributed by atoms with van der Waals surface area (Å²) in [4.78, 5) is 25.0. The highest BCUT2D eigenvalue weighted by molar-refractivity contribution is 6.00. The van der Waals surface area contributed by atoms with Crippen LogP contribution in [0.15, 0.2) is 54.6 Å². The number of nitrogens with one attached hydrogen (secondary N) is 2. The third-order valence-electron chi connectivity index (χ3n) is 4.94. The SMILES string of the molecule is CCCn1c(C(=O)NCCOC)cc2cc(NC(=O)CCc3ccccc3)ccc21. The second kappa shape index (κ2) is 10.6. The molecule has 6 heteroatoms. The molecule has 0 saturated carbocycles. The monoisotopic (exact) mass is 407 g/mol. The lowest BCUT2D eigenvalue weighted by molar-refractivity contribution is -0.116. The first-order valence-electron chi connectivity index (χ1n) is 10.4. The van der Waals surface area contributed by atoms with Crippen LogP contribution in [0.25, 0.3) is 10.9 Å². The van der Waals surface area contributed by atoms with Gasteiger partial charge in [-0.2, -0.15) is 0 Å². The summed E-state index contributed by atoms with van der Waals surface area (Å²) in [5.74, 6) is -0.145. The van der Waals surface area contributed by atoms with Crippen LogP contribution in [-0.4, -0.2) is 36.6 Å². The van der Waals surface area contributed by atoms with Gasteiger partial charge in [0.15, 0.2) is 0 Å². The van der Waals surface area contributed by atoms with Crippen molar-refractivity contribution in [3.63, 3.8) is 0 Å². The number of ether oxygens (including phenoxy) is 1. The molecule has 0 radical (unpaired) electrons. The van der Waals surface area contributed by atoms with Crippen LogP contribution in [-0.2, 0) is 22.5 Å². The van der Waals surface area contributed by atoms with Crippen molar-refractivity contribution in [1.82, 2.24) is 9.88 Å². The van der Waals surface area contributed by atoms with Crippen LogP contribution in [0.3, 0.4) is 0 Å². The molecule has 2 aromatic carbocycles. The van der Waals surface area contributed by atoms with Gasteiger partial charge in [-0.3, -0.25) is 9.59 Å². The minimum absolute atomic E-state index is 0.0243. The second-order valence-corrected chi connectivity index (χ2v) is 7.24. The number of anilines is 1. The summed E-state index contributed by atoms with van der Waals surface area (Å²) in [6.07, 6.45) is 2.04. The molecule has 0 aliphatic heterocycles. The second-order valence-electron chi connectivity index (χ2n) is 7.24. The number of carbonyl (C=O) groups excluding carboxylic acids is 2. The van der Waals surface area contributed by atoms with Gasteiger partial charge in [0.2, 0.25) is 5.91 Å². The zero-order valence-corrected chi connectivity index (χ0v) is 17.6. The molecule has 1 aromatic heterocycles. The molecule has 0 aliphatic rings. The summed E-state index contributed by atoms with van der Waals surface area (Å²) in [6, 6.07) is 17.6. The molecule has 0 unspecified atom stereocenters. The van der Waals surface area contributed by atoms with Crippen LogP contribution in [0.2, 0.25) is 0 Å². The van der Waals surface area contributed by atoms with Gasteiger partial charge in [0.1, 0.15) is 5.69 Å². The van der Waals surface area contributed by atoms with E-state index in [1.54, 1.807) is 7.11 Å². The lowest BCUT2D eigenvalue weighted by Gasteiger charge is -2.10. The first-order valence-corrected chi connectivity index (χ1v) is 10.4. The number of carbonyl (C=O) groups is 2. The molecule has 6 nitrogen and oxygen atoms in total. The maximum Gasteiger partial charge on any atom is 0.268 e. The number of aromatic nitrogens is 1. The van der Waals surface area contributed by atoms with E-state index in [1.165, 1.54) is 0 Å². The quantitative estimate of drug-likeness (QED) is 0.499. The number of aryl methyl sites for hydroxylation is 2. The number of hydrogen-bond donors (Lipinski definition) is 2. The Morgan fingerprint density at radius 1 is 1.07 bits per heavy atom. The zero-order chi connectivity index (χ0) is 21.3. The van der Waals surface area contributed by atoms with E-state index in [-0.39, 0.29) is 11.8 Å². The minimum atomic E-state index is -0.120. The molecule has 1 heterocycles. The predicted molar refractivity (Wildman–Crippen MR) is 120 cm³/mol. The largest absolute Gasteiger partial charge is 0.383 e. The van der Waals surface area contributed by atoms with Gasteiger partial charge >= 0.3 is 0 Å². The highest BCUT2D eigenvalue weighted by atomic mass is 16.5. The van der Waals surface area contributed by atoms with E-state index in [0.29, 0.717) is 31.7 Å². The lowest BCUT2D eigenvalue weighted by atomic mass is 10.1. The standard InChI is InChI=1S/C24H29N3O3/c1-3-14-27-21-11-10-20(26-23(28)12-9-18-7-5-4-6-8-18)16-19(21)17-22(27)24(29)25-13-15-30-2/h4-8,10-11,16-17H,3,9,12-15H2,1-2H3,(H,25,29)(H,26,28). The Morgan fingerprint density at radius 3 is 2.60 bits per heavy atom. The average molecular weight is 408 g/mol. The van der Waals surface area contributed by atoms with Crippen molar-refractivity contribution < 1.29 is 14.3 Å². The van der Waals surface area contributed by atoms with Crippen LogP contribution in [0, 0.1) is 0 Å². The molecule has 0 spiro atoms. The van der Waals surface area contributed by atoms with E-state index in [9.17, 15) is 9.59 Å². The van der Waals surface area contributed by atoms with Crippen molar-refractivity contribution in [1.29, 1.82) is 0 Å². The van der Waals surface area contributed by atoms with Crippen molar-refractivity contribution in [2.75, 3.05) is 25.6 Å². The Kier molecular flexibility index (Phi) is 7.63. The normalized spacial score (nSPS) is 10.9. The number of amides is 2. The number of rotatable bonds is 10. The Morgan fingerprint density at radius 2 is 1.87 bits per heavy atom. The van der Waals surface area contributed by atoms with Crippen LogP contribution < -0.4 is 10.6 Å². The molecular formula is C24H29N3O3. The Bertz CT molecular complexity index is 996. The molecule has 3 rings (SSSR count). The topological polar surface area (TPSA) is 72.4 Å². The van der Waals surface area contributed by atoms with Crippen LogP contribution in [0.5, 0.6) is 0 Å². The van der Waals surface area contributed by atoms with Gasteiger partial charge in [0.05, 0.1) is 6.61 Å². The fourth-order valence-corrected chi connectivity index (χ4v) is 3.48. The van der Waals surface area contributed by atoms with Crippen LogP contribution in [0.1, 0.15) is 35.8 Å². The number of fused-ring (bicyclic) bond motifs is 1. The molecule has 3 aromatic rings. The Balaban J connectivity index is 1.73. The molecule has 0 atom stereocenters. The van der Waals surface area contributed by atoms with E-state index >= 15 is 0 Å². The third kappa shape index (κ3) is 5.48. The van der Waals surface area contributed by atoms with Crippen LogP contribution >= 0.6 is 0 Å². The van der Waals surface area contributed by atoms with E-state index in [4.69, 9.17) is 4.74 Å². The van der Waals surface area contributed by atoms with Gasteiger partial charge in [-0.1, -0.05) is 37.3 Å². The van der Waals surface area contributed by atoms with Crippen molar-refractivity contribution in [3.8, 4) is 0 Å². The van der Waals surface area contributed by atoms with Gasteiger partial charge in [-0.25, -0.2) is 0 Å². The molecule has 158 valence electrons. The van der Waals surface area contributed by atoms with Crippen LogP contribution in [0.4, 0.5) is 5.69 Å². The highest BCUT2D eigenvalue weighted by Gasteiger charge is 2.15. The summed E-state index contributed by atoms with van der Waals surface area (Å²) in [5.41, 5.74) is 3.48. The molecule has 2 N–H and O–H groups in total. The lowest BCUT2D eigenvalue weighted by Crippen LogP contribution is -2.28. The highest BCUT2D eigenvalue weighted by Crippen LogP contribution is 2.24. The summed E-state index contributed by atoms with van der Waals surface area (Å²) < 4.78 is 7.03. The average Bonchev–Trinajstić information content (AvgIpc) is 3.11. The molecular weight excluding hydrogens is 378 g/mol. The fourth-order valence-electron chi connectivity index (χ4n) is 3.48. The minimum Gasteiger partial charge on any atom is -0.383 e. The maximum atomic E-state index is 12.6. The molecule has 0 fully saturated rings. The molecule has 2 amide bonds. The van der Waals surface area contributed by atoms with Crippen molar-refractivity contribution in [2.24, 2.45) is 0 Å².